The summed E-state index contributed by atoms with van der Waals surface area (Å²) in [6.07, 6.45) is 0. The Kier molecular flexibility index (Phi) is 5.10. The van der Waals surface area contributed by atoms with Crippen LogP contribution in [0.25, 0.3) is 0 Å². The highest BCUT2D eigenvalue weighted by atomic mass is 35.5. The molecule has 0 unspecified atom stereocenters. The van der Waals surface area contributed by atoms with E-state index in [4.69, 9.17) is 0 Å². The van der Waals surface area contributed by atoms with Crippen molar-refractivity contribution in [3.63, 3.8) is 0 Å². The van der Waals surface area contributed by atoms with E-state index >= 15 is 0 Å². The molecule has 1 heterocycles. The Hall–Kier alpha value is -0.690. The fourth-order valence-electron chi connectivity index (χ4n) is 1.96. The summed E-state index contributed by atoms with van der Waals surface area (Å²) in [5, 5.41) is 3.07. The molecular formula is C11H16ClFN2O2S. The molecule has 4 nitrogen and oxygen atoms in total. The normalized spacial score (nSPS) is 17.2. The lowest BCUT2D eigenvalue weighted by atomic mass is 10.2. The van der Waals surface area contributed by atoms with E-state index in [9.17, 15) is 12.8 Å². The van der Waals surface area contributed by atoms with Crippen molar-refractivity contribution in [2.24, 2.45) is 0 Å². The number of aryl methyl sites for hydroxylation is 1. The smallest absolute Gasteiger partial charge is 0.246 e. The number of piperazine rings is 1. The lowest BCUT2D eigenvalue weighted by Gasteiger charge is -2.27. The Morgan fingerprint density at radius 2 is 1.89 bits per heavy atom. The number of nitrogens with one attached hydrogen (secondary N) is 1. The van der Waals surface area contributed by atoms with Crippen molar-refractivity contribution >= 4 is 22.4 Å². The van der Waals surface area contributed by atoms with Crippen LogP contribution < -0.4 is 5.32 Å². The minimum Gasteiger partial charge on any atom is -0.314 e. The van der Waals surface area contributed by atoms with Gasteiger partial charge in [0, 0.05) is 26.2 Å². The summed E-state index contributed by atoms with van der Waals surface area (Å²) in [7, 11) is -3.71. The maximum absolute atomic E-state index is 13.7. The van der Waals surface area contributed by atoms with Gasteiger partial charge in [0.1, 0.15) is 10.7 Å². The highest BCUT2D eigenvalue weighted by Crippen LogP contribution is 2.23. The van der Waals surface area contributed by atoms with Crippen molar-refractivity contribution in [3.8, 4) is 0 Å². The molecule has 1 saturated heterocycles. The van der Waals surface area contributed by atoms with Gasteiger partial charge in [-0.05, 0) is 18.6 Å². The van der Waals surface area contributed by atoms with Crippen molar-refractivity contribution in [3.05, 3.63) is 29.6 Å². The molecule has 0 aliphatic carbocycles. The first-order chi connectivity index (χ1) is 8.03. The summed E-state index contributed by atoms with van der Waals surface area (Å²) in [6.45, 7) is 3.59. The second-order valence-electron chi connectivity index (χ2n) is 4.04. The van der Waals surface area contributed by atoms with Gasteiger partial charge in [0.15, 0.2) is 0 Å². The summed E-state index contributed by atoms with van der Waals surface area (Å²) in [5.74, 6) is -0.677. The number of hydrogen-bond acceptors (Lipinski definition) is 3. The largest absolute Gasteiger partial charge is 0.314 e. The van der Waals surface area contributed by atoms with Gasteiger partial charge >= 0.3 is 0 Å². The third kappa shape index (κ3) is 2.83. The average molecular weight is 295 g/mol. The molecule has 18 heavy (non-hydrogen) atoms. The second-order valence-corrected chi connectivity index (χ2v) is 5.91. The van der Waals surface area contributed by atoms with Gasteiger partial charge in [0.2, 0.25) is 10.0 Å². The van der Waals surface area contributed by atoms with Crippen molar-refractivity contribution in [1.82, 2.24) is 9.62 Å². The van der Waals surface area contributed by atoms with Crippen LogP contribution in [0.5, 0.6) is 0 Å². The zero-order valence-corrected chi connectivity index (χ0v) is 11.7. The van der Waals surface area contributed by atoms with Crippen LogP contribution in [0.4, 0.5) is 4.39 Å². The van der Waals surface area contributed by atoms with Crippen LogP contribution in [0.15, 0.2) is 23.1 Å². The van der Waals surface area contributed by atoms with E-state index < -0.39 is 15.8 Å². The van der Waals surface area contributed by atoms with Gasteiger partial charge in [-0.15, -0.1) is 12.4 Å². The SMILES string of the molecule is Cc1cccc(F)c1S(=O)(=O)N1CCNCC1.Cl. The van der Waals surface area contributed by atoms with Crippen LogP contribution in [-0.4, -0.2) is 38.9 Å². The molecule has 2 rings (SSSR count). The van der Waals surface area contributed by atoms with E-state index in [0.717, 1.165) is 0 Å². The molecular weight excluding hydrogens is 279 g/mol. The fraction of sp³-hybridized carbons (Fsp3) is 0.455. The highest BCUT2D eigenvalue weighted by molar-refractivity contribution is 7.89. The Balaban J connectivity index is 0.00000162. The molecule has 1 aliphatic rings. The third-order valence-corrected chi connectivity index (χ3v) is 4.92. The van der Waals surface area contributed by atoms with Crippen molar-refractivity contribution in [1.29, 1.82) is 0 Å². The van der Waals surface area contributed by atoms with Gasteiger partial charge < -0.3 is 5.32 Å². The fourth-order valence-corrected chi connectivity index (χ4v) is 3.67. The Morgan fingerprint density at radius 3 is 2.44 bits per heavy atom. The van der Waals surface area contributed by atoms with Gasteiger partial charge in [-0.2, -0.15) is 4.31 Å². The molecule has 1 aliphatic heterocycles. The average Bonchev–Trinajstić information content (AvgIpc) is 2.29. The van der Waals surface area contributed by atoms with E-state index in [1.54, 1.807) is 13.0 Å². The lowest BCUT2D eigenvalue weighted by Crippen LogP contribution is -2.46. The van der Waals surface area contributed by atoms with E-state index in [1.807, 2.05) is 0 Å². The van der Waals surface area contributed by atoms with Crippen LogP contribution in [-0.2, 0) is 10.0 Å². The minimum atomic E-state index is -3.71. The first-order valence-corrected chi connectivity index (χ1v) is 6.93. The summed E-state index contributed by atoms with van der Waals surface area (Å²) >= 11 is 0. The number of hydrogen-bond donors (Lipinski definition) is 1. The number of halogens is 2. The van der Waals surface area contributed by atoms with Crippen LogP contribution >= 0.6 is 12.4 Å². The zero-order chi connectivity index (χ0) is 12.5. The van der Waals surface area contributed by atoms with E-state index in [2.05, 4.69) is 5.32 Å². The molecule has 0 bridgehead atoms. The molecule has 102 valence electrons. The summed E-state index contributed by atoms with van der Waals surface area (Å²) in [5.41, 5.74) is 0.448. The molecule has 0 radical (unpaired) electrons. The predicted octanol–water partition coefficient (Wildman–Crippen LogP) is 1.15. The molecule has 0 saturated carbocycles. The Bertz CT molecular complexity index is 496. The molecule has 1 aromatic rings. The topological polar surface area (TPSA) is 49.4 Å². The summed E-state index contributed by atoms with van der Waals surface area (Å²) < 4.78 is 39.6. The molecule has 0 aromatic heterocycles. The molecule has 1 aromatic carbocycles. The first kappa shape index (κ1) is 15.4. The van der Waals surface area contributed by atoms with Crippen LogP contribution in [0.3, 0.4) is 0 Å². The summed E-state index contributed by atoms with van der Waals surface area (Å²) in [6, 6.07) is 4.31. The standard InChI is InChI=1S/C11H15FN2O2S.ClH/c1-9-3-2-4-10(12)11(9)17(15,16)14-7-5-13-6-8-14;/h2-4,13H,5-8H2,1H3;1H. The highest BCUT2D eigenvalue weighted by Gasteiger charge is 2.29. The third-order valence-electron chi connectivity index (χ3n) is 2.84. The number of benzene rings is 1. The second kappa shape index (κ2) is 5.97. The zero-order valence-electron chi connectivity index (χ0n) is 10.0. The van der Waals surface area contributed by atoms with Crippen molar-refractivity contribution in [2.75, 3.05) is 26.2 Å². The summed E-state index contributed by atoms with van der Waals surface area (Å²) in [4.78, 5) is -0.193. The number of sulfonamides is 1. The van der Waals surface area contributed by atoms with Crippen LogP contribution in [0, 0.1) is 12.7 Å². The number of nitrogens with zero attached hydrogens (tertiary/aromatic N) is 1. The van der Waals surface area contributed by atoms with Gasteiger partial charge in [-0.1, -0.05) is 12.1 Å². The minimum absolute atomic E-state index is 0. The Morgan fingerprint density at radius 1 is 1.28 bits per heavy atom. The first-order valence-electron chi connectivity index (χ1n) is 5.49. The molecule has 1 fully saturated rings. The lowest BCUT2D eigenvalue weighted by molar-refractivity contribution is 0.358. The van der Waals surface area contributed by atoms with Crippen LogP contribution in [0.2, 0.25) is 0 Å². The maximum atomic E-state index is 13.7. The molecule has 0 spiro atoms. The van der Waals surface area contributed by atoms with Gasteiger partial charge in [-0.25, -0.2) is 12.8 Å². The predicted molar refractivity (Wildman–Crippen MR) is 70.0 cm³/mol. The molecule has 7 heteroatoms. The van der Waals surface area contributed by atoms with E-state index in [0.29, 0.717) is 31.7 Å². The maximum Gasteiger partial charge on any atom is 0.246 e. The molecule has 0 amide bonds. The van der Waals surface area contributed by atoms with Gasteiger partial charge in [0.25, 0.3) is 0 Å². The van der Waals surface area contributed by atoms with Crippen molar-refractivity contribution < 1.29 is 12.8 Å². The monoisotopic (exact) mass is 294 g/mol. The number of rotatable bonds is 2. The van der Waals surface area contributed by atoms with Crippen LogP contribution in [0.1, 0.15) is 5.56 Å². The van der Waals surface area contributed by atoms with E-state index in [1.165, 1.54) is 16.4 Å². The van der Waals surface area contributed by atoms with Gasteiger partial charge in [-0.3, -0.25) is 0 Å². The van der Waals surface area contributed by atoms with Gasteiger partial charge in [0.05, 0.1) is 0 Å². The Labute approximate surface area is 113 Å². The molecule has 1 N–H and O–H groups in total. The quantitative estimate of drug-likeness (QED) is 0.890. The van der Waals surface area contributed by atoms with E-state index in [-0.39, 0.29) is 17.3 Å². The molecule has 0 atom stereocenters. The van der Waals surface area contributed by atoms with Crippen molar-refractivity contribution in [2.45, 2.75) is 11.8 Å².